The summed E-state index contributed by atoms with van der Waals surface area (Å²) in [6, 6.07) is 10.9. The Bertz CT molecular complexity index is 281. The maximum atomic E-state index is 5.80. The molecule has 1 atom stereocenters. The lowest BCUT2D eigenvalue weighted by Crippen LogP contribution is -2.37. The highest BCUT2D eigenvalue weighted by Crippen LogP contribution is 2.21. The van der Waals surface area contributed by atoms with E-state index < -0.39 is 0 Å². The molecule has 2 nitrogen and oxygen atoms in total. The maximum Gasteiger partial charge on any atom is 0.0952 e. The van der Waals surface area contributed by atoms with Crippen molar-refractivity contribution in [1.29, 1.82) is 0 Å². The zero-order valence-electron chi connectivity index (χ0n) is 8.43. The molecule has 1 aromatic carbocycles. The Kier molecular flexibility index (Phi) is 5.40. The summed E-state index contributed by atoms with van der Waals surface area (Å²) in [7, 11) is 0. The highest BCUT2D eigenvalue weighted by Gasteiger charge is 2.20. The van der Waals surface area contributed by atoms with Gasteiger partial charge in [0.25, 0.3) is 0 Å². The molecule has 84 valence electrons. The summed E-state index contributed by atoms with van der Waals surface area (Å²) < 4.78 is 5.70. The molecule has 15 heavy (non-hydrogen) atoms. The van der Waals surface area contributed by atoms with E-state index in [1.54, 1.807) is 0 Å². The van der Waals surface area contributed by atoms with Gasteiger partial charge in [-0.1, -0.05) is 30.3 Å². The fourth-order valence-corrected chi connectivity index (χ4v) is 1.90. The lowest BCUT2D eigenvalue weighted by molar-refractivity contribution is -0.0236. The Morgan fingerprint density at radius 1 is 1.33 bits per heavy atom. The molecular weight excluding hydrogens is 233 g/mol. The molecule has 1 saturated heterocycles. The monoisotopic (exact) mass is 247 g/mol. The van der Waals surface area contributed by atoms with Gasteiger partial charge in [0.2, 0.25) is 0 Å². The van der Waals surface area contributed by atoms with Crippen molar-refractivity contribution in [3.05, 3.63) is 35.9 Å². The Balaban J connectivity index is 0.00000112. The smallest absolute Gasteiger partial charge is 0.0952 e. The normalized spacial score (nSPS) is 22.1. The van der Waals surface area contributed by atoms with Gasteiger partial charge in [0.1, 0.15) is 0 Å². The van der Waals surface area contributed by atoms with Gasteiger partial charge in [-0.25, -0.2) is 0 Å². The van der Waals surface area contributed by atoms with Gasteiger partial charge in [-0.2, -0.15) is 0 Å². The first-order valence-corrected chi connectivity index (χ1v) is 5.38. The van der Waals surface area contributed by atoms with E-state index in [0.717, 1.165) is 19.7 Å². The third kappa shape index (κ3) is 3.35. The number of hydrogen-bond donors (Lipinski definition) is 0. The fraction of sp³-hybridized carbons (Fsp3) is 0.455. The highest BCUT2D eigenvalue weighted by atomic mass is 35.5. The average molecular weight is 248 g/mol. The summed E-state index contributed by atoms with van der Waals surface area (Å²) in [6.45, 7) is 2.60. The van der Waals surface area contributed by atoms with E-state index in [1.165, 1.54) is 5.56 Å². The van der Waals surface area contributed by atoms with Gasteiger partial charge in [0, 0.05) is 13.1 Å². The summed E-state index contributed by atoms with van der Waals surface area (Å²) in [5.41, 5.74) is 1.24. The van der Waals surface area contributed by atoms with Gasteiger partial charge in [-0.3, -0.25) is 4.90 Å². The van der Waals surface area contributed by atoms with Crippen LogP contribution in [0.4, 0.5) is 0 Å². The van der Waals surface area contributed by atoms with E-state index in [4.69, 9.17) is 16.3 Å². The topological polar surface area (TPSA) is 12.5 Å². The third-order valence-corrected chi connectivity index (χ3v) is 2.83. The van der Waals surface area contributed by atoms with Gasteiger partial charge in [-0.15, -0.1) is 24.0 Å². The van der Waals surface area contributed by atoms with E-state index in [-0.39, 0.29) is 18.5 Å². The van der Waals surface area contributed by atoms with Crippen molar-refractivity contribution in [3.8, 4) is 0 Å². The first-order chi connectivity index (χ1) is 6.90. The largest absolute Gasteiger partial charge is 0.371 e. The number of nitrogens with zero attached hydrogens (tertiary/aromatic N) is 1. The zero-order valence-corrected chi connectivity index (χ0v) is 10.0. The Morgan fingerprint density at radius 3 is 2.73 bits per heavy atom. The second-order valence-corrected chi connectivity index (χ2v) is 3.71. The van der Waals surface area contributed by atoms with E-state index >= 15 is 0 Å². The van der Waals surface area contributed by atoms with Crippen LogP contribution in [0.25, 0.3) is 0 Å². The molecule has 1 aromatic rings. The number of morpholine rings is 1. The molecule has 0 aromatic heterocycles. The van der Waals surface area contributed by atoms with Gasteiger partial charge >= 0.3 is 0 Å². The number of alkyl halides is 1. The van der Waals surface area contributed by atoms with E-state index in [1.807, 2.05) is 18.2 Å². The van der Waals surface area contributed by atoms with E-state index in [9.17, 15) is 0 Å². The molecule has 1 fully saturated rings. The number of benzene rings is 1. The van der Waals surface area contributed by atoms with Crippen LogP contribution >= 0.6 is 24.0 Å². The average Bonchev–Trinajstić information content (AvgIpc) is 2.30. The van der Waals surface area contributed by atoms with Gasteiger partial charge in [-0.05, 0) is 5.56 Å². The van der Waals surface area contributed by atoms with Crippen LogP contribution in [0.2, 0.25) is 0 Å². The number of halogens is 2. The molecule has 2 rings (SSSR count). The molecule has 0 amide bonds. The van der Waals surface area contributed by atoms with Gasteiger partial charge in [0.05, 0.1) is 18.7 Å². The van der Waals surface area contributed by atoms with Crippen LogP contribution in [-0.4, -0.2) is 30.6 Å². The summed E-state index contributed by atoms with van der Waals surface area (Å²) in [5.74, 6) is 0. The third-order valence-electron chi connectivity index (χ3n) is 2.49. The highest BCUT2D eigenvalue weighted by molar-refractivity contribution is 6.17. The second kappa shape index (κ2) is 6.33. The van der Waals surface area contributed by atoms with Crippen molar-refractivity contribution in [2.24, 2.45) is 0 Å². The molecule has 0 bridgehead atoms. The van der Waals surface area contributed by atoms with Crippen molar-refractivity contribution in [2.45, 2.75) is 6.10 Å². The van der Waals surface area contributed by atoms with Crippen LogP contribution < -0.4 is 0 Å². The predicted octanol–water partition coefficient (Wildman–Crippen LogP) is 2.68. The minimum atomic E-state index is 0. The van der Waals surface area contributed by atoms with Crippen LogP contribution in [0.3, 0.4) is 0 Å². The van der Waals surface area contributed by atoms with Crippen LogP contribution in [-0.2, 0) is 4.74 Å². The number of ether oxygens (including phenoxy) is 1. The van der Waals surface area contributed by atoms with Crippen molar-refractivity contribution in [3.63, 3.8) is 0 Å². The Morgan fingerprint density at radius 2 is 2.07 bits per heavy atom. The summed E-state index contributed by atoms with van der Waals surface area (Å²) in [5, 5.41) is 0. The van der Waals surface area contributed by atoms with Crippen LogP contribution in [0.15, 0.2) is 30.3 Å². The predicted molar refractivity (Wildman–Crippen MR) is 64.7 cm³/mol. The van der Waals surface area contributed by atoms with Crippen molar-refractivity contribution in [1.82, 2.24) is 4.90 Å². The first kappa shape index (κ1) is 12.8. The Labute approximate surface area is 102 Å². The maximum absolute atomic E-state index is 5.80. The minimum Gasteiger partial charge on any atom is -0.371 e. The Hall–Kier alpha value is -0.280. The van der Waals surface area contributed by atoms with Crippen molar-refractivity contribution < 1.29 is 4.74 Å². The molecule has 0 aliphatic carbocycles. The first-order valence-electron chi connectivity index (χ1n) is 4.85. The minimum absolute atomic E-state index is 0. The number of hydrogen-bond acceptors (Lipinski definition) is 2. The fourth-order valence-electron chi connectivity index (χ4n) is 1.68. The molecule has 0 radical (unpaired) electrons. The lowest BCUT2D eigenvalue weighted by atomic mass is 10.1. The molecular formula is C11H15Cl2NO. The molecule has 0 saturated carbocycles. The van der Waals surface area contributed by atoms with Gasteiger partial charge in [0.15, 0.2) is 0 Å². The van der Waals surface area contributed by atoms with Crippen LogP contribution in [0, 0.1) is 0 Å². The SMILES string of the molecule is Cl.ClCN1CCOC(c2ccccc2)C1. The lowest BCUT2D eigenvalue weighted by Gasteiger charge is -2.31. The molecule has 1 unspecified atom stereocenters. The quantitative estimate of drug-likeness (QED) is 0.589. The summed E-state index contributed by atoms with van der Waals surface area (Å²) >= 11 is 5.80. The standard InChI is InChI=1S/C11H14ClNO.ClH/c12-9-13-6-7-14-11(8-13)10-4-2-1-3-5-10;/h1-5,11H,6-9H2;1H. The molecule has 4 heteroatoms. The van der Waals surface area contributed by atoms with Crippen LogP contribution in [0.1, 0.15) is 11.7 Å². The van der Waals surface area contributed by atoms with E-state index in [0.29, 0.717) is 6.00 Å². The zero-order chi connectivity index (χ0) is 9.80. The van der Waals surface area contributed by atoms with Crippen molar-refractivity contribution >= 4 is 24.0 Å². The molecule has 1 aliphatic rings. The molecule has 0 spiro atoms. The number of rotatable bonds is 2. The molecule has 0 N–H and O–H groups in total. The summed E-state index contributed by atoms with van der Waals surface area (Å²) in [6.07, 6.45) is 0.184. The summed E-state index contributed by atoms with van der Waals surface area (Å²) in [4.78, 5) is 2.20. The van der Waals surface area contributed by atoms with E-state index in [2.05, 4.69) is 17.0 Å². The second-order valence-electron chi connectivity index (χ2n) is 3.47. The van der Waals surface area contributed by atoms with Gasteiger partial charge < -0.3 is 4.74 Å². The van der Waals surface area contributed by atoms with Crippen molar-refractivity contribution in [2.75, 3.05) is 25.7 Å². The molecule has 1 aliphatic heterocycles. The van der Waals surface area contributed by atoms with Crippen LogP contribution in [0.5, 0.6) is 0 Å². The molecule has 1 heterocycles.